The molecule has 1 saturated heterocycles. The van der Waals surface area contributed by atoms with Crippen molar-refractivity contribution in [3.63, 3.8) is 0 Å². The number of nitrogens with zero attached hydrogens (tertiary/aromatic N) is 5. The van der Waals surface area contributed by atoms with Crippen molar-refractivity contribution in [2.75, 3.05) is 43.2 Å². The topological polar surface area (TPSA) is 101 Å². The lowest BCUT2D eigenvalue weighted by Crippen LogP contribution is -2.45. The Kier molecular flexibility index (Phi) is 7.17. The van der Waals surface area contributed by atoms with Crippen LogP contribution in [0.4, 0.5) is 27.5 Å². The minimum atomic E-state index is -1.56. The van der Waals surface area contributed by atoms with Crippen LogP contribution in [0, 0.1) is 0 Å². The van der Waals surface area contributed by atoms with Crippen molar-refractivity contribution in [2.24, 2.45) is 0 Å². The number of hydrogen-bond acceptors (Lipinski definition) is 8. The number of carboxylic acids is 1. The molecular formula is C24H26FN5O4. The van der Waals surface area contributed by atoms with Crippen LogP contribution < -0.4 is 14.5 Å². The van der Waals surface area contributed by atoms with Gasteiger partial charge >= 0.3 is 5.97 Å². The molecule has 1 N–H and O–H groups in total. The predicted molar refractivity (Wildman–Crippen MR) is 125 cm³/mol. The van der Waals surface area contributed by atoms with Gasteiger partial charge in [-0.25, -0.2) is 19.2 Å². The van der Waals surface area contributed by atoms with Gasteiger partial charge in [-0.15, -0.1) is 0 Å². The van der Waals surface area contributed by atoms with Crippen LogP contribution in [-0.4, -0.2) is 65.1 Å². The number of aromatic nitrogens is 3. The number of ether oxygens (including phenoxy) is 2. The maximum absolute atomic E-state index is 15.0. The Labute approximate surface area is 196 Å². The highest BCUT2D eigenvalue weighted by molar-refractivity contribution is 5.72. The Hall–Kier alpha value is -3.79. The number of hydrogen-bond donors (Lipinski definition) is 1. The summed E-state index contributed by atoms with van der Waals surface area (Å²) < 4.78 is 25.2. The SMILES string of the molecule is COc1ccc(N(c2ccccc2)c2cncc(N3CCC(F)(COCC(=O)O)CC3)n2)nc1. The number of pyridine rings is 1. The van der Waals surface area contributed by atoms with Crippen LogP contribution >= 0.6 is 0 Å². The highest BCUT2D eigenvalue weighted by atomic mass is 19.1. The number of anilines is 4. The molecule has 0 atom stereocenters. The van der Waals surface area contributed by atoms with E-state index in [2.05, 4.69) is 9.97 Å². The summed E-state index contributed by atoms with van der Waals surface area (Å²) in [5, 5.41) is 8.69. The Bertz CT molecular complexity index is 1090. The number of carbonyl (C=O) groups is 1. The zero-order valence-electron chi connectivity index (χ0n) is 18.8. The molecular weight excluding hydrogens is 441 g/mol. The zero-order chi connectivity index (χ0) is 24.0. The van der Waals surface area contributed by atoms with Crippen LogP contribution in [0.15, 0.2) is 61.1 Å². The van der Waals surface area contributed by atoms with E-state index >= 15 is 4.39 Å². The third kappa shape index (κ3) is 5.57. The van der Waals surface area contributed by atoms with Crippen molar-refractivity contribution in [3.8, 4) is 5.75 Å². The van der Waals surface area contributed by atoms with Gasteiger partial charge in [0.2, 0.25) is 0 Å². The summed E-state index contributed by atoms with van der Waals surface area (Å²) in [7, 11) is 1.59. The summed E-state index contributed by atoms with van der Waals surface area (Å²) in [6, 6.07) is 13.4. The van der Waals surface area contributed by atoms with Gasteiger partial charge in [-0.2, -0.15) is 0 Å². The number of para-hydroxylation sites is 1. The molecule has 0 radical (unpaired) electrons. The summed E-state index contributed by atoms with van der Waals surface area (Å²) in [5.41, 5.74) is -0.691. The van der Waals surface area contributed by atoms with Gasteiger partial charge in [0.1, 0.15) is 29.7 Å². The molecule has 2 aromatic heterocycles. The van der Waals surface area contributed by atoms with Gasteiger partial charge in [0.05, 0.1) is 32.3 Å². The number of benzene rings is 1. The van der Waals surface area contributed by atoms with Crippen LogP contribution in [-0.2, 0) is 9.53 Å². The number of halogens is 1. The molecule has 1 aromatic carbocycles. The predicted octanol–water partition coefficient (Wildman–Crippen LogP) is 3.76. The summed E-state index contributed by atoms with van der Waals surface area (Å²) in [4.78, 5) is 28.2. The first-order valence-electron chi connectivity index (χ1n) is 10.9. The molecule has 0 saturated carbocycles. The minimum absolute atomic E-state index is 0.209. The molecule has 4 rings (SSSR count). The first kappa shape index (κ1) is 23.4. The van der Waals surface area contributed by atoms with E-state index in [1.165, 1.54) is 0 Å². The molecule has 1 fully saturated rings. The third-order valence-electron chi connectivity index (χ3n) is 5.61. The molecule has 178 valence electrons. The van der Waals surface area contributed by atoms with Crippen molar-refractivity contribution in [2.45, 2.75) is 18.5 Å². The molecule has 0 bridgehead atoms. The second kappa shape index (κ2) is 10.4. The normalized spacial score (nSPS) is 15.1. The number of aliphatic carboxylic acids is 1. The Morgan fingerprint density at radius 1 is 1.12 bits per heavy atom. The molecule has 10 heteroatoms. The summed E-state index contributed by atoms with van der Waals surface area (Å²) in [6.07, 6.45) is 5.37. The molecule has 0 spiro atoms. The summed E-state index contributed by atoms with van der Waals surface area (Å²) in [6.45, 7) is 0.0930. The average molecular weight is 468 g/mol. The molecule has 1 aliphatic heterocycles. The number of piperidine rings is 1. The fraction of sp³-hybridized carbons (Fsp3) is 0.333. The molecule has 0 unspecified atom stereocenters. The van der Waals surface area contributed by atoms with E-state index in [0.717, 1.165) is 5.69 Å². The number of methoxy groups -OCH3 is 1. The van der Waals surface area contributed by atoms with E-state index in [1.807, 2.05) is 52.3 Å². The molecule has 0 amide bonds. The van der Waals surface area contributed by atoms with Crippen LogP contribution in [0.5, 0.6) is 5.75 Å². The maximum atomic E-state index is 15.0. The first-order chi connectivity index (χ1) is 16.5. The van der Waals surface area contributed by atoms with Crippen LogP contribution in [0.25, 0.3) is 0 Å². The van der Waals surface area contributed by atoms with Crippen molar-refractivity contribution in [1.29, 1.82) is 0 Å². The summed E-state index contributed by atoms with van der Waals surface area (Å²) in [5.74, 6) is 1.38. The highest BCUT2D eigenvalue weighted by Gasteiger charge is 2.35. The second-order valence-electron chi connectivity index (χ2n) is 7.99. The van der Waals surface area contributed by atoms with Gasteiger partial charge in [-0.1, -0.05) is 18.2 Å². The molecule has 34 heavy (non-hydrogen) atoms. The van der Waals surface area contributed by atoms with Gasteiger partial charge in [0.25, 0.3) is 0 Å². The lowest BCUT2D eigenvalue weighted by molar-refractivity contribution is -0.144. The fourth-order valence-electron chi connectivity index (χ4n) is 3.79. The van der Waals surface area contributed by atoms with E-state index < -0.39 is 18.2 Å². The molecule has 9 nitrogen and oxygen atoms in total. The lowest BCUT2D eigenvalue weighted by Gasteiger charge is -2.36. The van der Waals surface area contributed by atoms with Gasteiger partial charge in [-0.3, -0.25) is 9.88 Å². The van der Waals surface area contributed by atoms with E-state index in [4.69, 9.17) is 19.6 Å². The van der Waals surface area contributed by atoms with Gasteiger partial charge in [0, 0.05) is 31.6 Å². The largest absolute Gasteiger partial charge is 0.495 e. The van der Waals surface area contributed by atoms with E-state index in [-0.39, 0.29) is 19.4 Å². The van der Waals surface area contributed by atoms with Gasteiger partial charge in [0.15, 0.2) is 5.82 Å². The highest BCUT2D eigenvalue weighted by Crippen LogP contribution is 2.34. The number of rotatable bonds is 9. The molecule has 1 aliphatic rings. The Balaban J connectivity index is 1.54. The van der Waals surface area contributed by atoms with E-state index in [9.17, 15) is 4.79 Å². The third-order valence-corrected chi connectivity index (χ3v) is 5.61. The van der Waals surface area contributed by atoms with Crippen LogP contribution in [0.3, 0.4) is 0 Å². The number of alkyl halides is 1. The molecule has 3 heterocycles. The van der Waals surface area contributed by atoms with E-state index in [1.54, 1.807) is 25.7 Å². The quantitative estimate of drug-likeness (QED) is 0.504. The standard InChI is InChI=1S/C24H26FN5O4/c1-33-19-7-8-20(27-13-19)30(18-5-3-2-4-6-18)22-15-26-14-21(28-22)29-11-9-24(25,10-12-29)17-34-16-23(31)32/h2-8,13-15H,9-12,16-17H2,1H3,(H,31,32). The van der Waals surface area contributed by atoms with Crippen molar-refractivity contribution >= 4 is 29.1 Å². The minimum Gasteiger partial charge on any atom is -0.495 e. The maximum Gasteiger partial charge on any atom is 0.329 e. The smallest absolute Gasteiger partial charge is 0.329 e. The Morgan fingerprint density at radius 3 is 2.53 bits per heavy atom. The van der Waals surface area contributed by atoms with Crippen LogP contribution in [0.1, 0.15) is 12.8 Å². The fourth-order valence-corrected chi connectivity index (χ4v) is 3.79. The first-order valence-corrected chi connectivity index (χ1v) is 10.9. The van der Waals surface area contributed by atoms with Crippen molar-refractivity contribution < 1.29 is 23.8 Å². The van der Waals surface area contributed by atoms with Gasteiger partial charge in [-0.05, 0) is 24.3 Å². The summed E-state index contributed by atoms with van der Waals surface area (Å²) >= 11 is 0. The van der Waals surface area contributed by atoms with Crippen LogP contribution in [0.2, 0.25) is 0 Å². The molecule has 3 aromatic rings. The van der Waals surface area contributed by atoms with Gasteiger partial charge < -0.3 is 19.5 Å². The number of carboxylic acid groups (broad SMARTS) is 1. The Morgan fingerprint density at radius 2 is 1.88 bits per heavy atom. The second-order valence-corrected chi connectivity index (χ2v) is 7.99. The van der Waals surface area contributed by atoms with Crippen molar-refractivity contribution in [3.05, 3.63) is 61.1 Å². The molecule has 0 aliphatic carbocycles. The zero-order valence-corrected chi connectivity index (χ0v) is 18.8. The average Bonchev–Trinajstić information content (AvgIpc) is 2.86. The monoisotopic (exact) mass is 467 g/mol. The van der Waals surface area contributed by atoms with E-state index in [0.29, 0.717) is 36.3 Å². The lowest BCUT2D eigenvalue weighted by atomic mass is 9.94. The van der Waals surface area contributed by atoms with Crippen molar-refractivity contribution in [1.82, 2.24) is 15.0 Å².